The third-order valence-electron chi connectivity index (χ3n) is 7.08. The van der Waals surface area contributed by atoms with Crippen molar-refractivity contribution in [3.63, 3.8) is 0 Å². The Kier molecular flexibility index (Phi) is 3.09. The molecule has 0 aromatic heterocycles. The first kappa shape index (κ1) is 16.6. The summed E-state index contributed by atoms with van der Waals surface area (Å²) in [5.74, 6) is 0. The summed E-state index contributed by atoms with van der Waals surface area (Å²) < 4.78 is 0. The Morgan fingerprint density at radius 2 is 1.00 bits per heavy atom. The van der Waals surface area contributed by atoms with Gasteiger partial charge in [-0.1, -0.05) is 92.7 Å². The molecule has 6 rings (SSSR count). The third kappa shape index (κ3) is 1.86. The second-order valence-electron chi connectivity index (χ2n) is 8.82. The molecule has 4 aromatic carbocycles. The Balaban J connectivity index is 1.88. The molecule has 1 nitrogen and oxygen atoms in total. The van der Waals surface area contributed by atoms with Crippen molar-refractivity contribution in [2.45, 2.75) is 24.7 Å². The number of fused-ring (bicyclic) bond motifs is 9. The minimum Gasteiger partial charge on any atom is -0.399 e. The van der Waals surface area contributed by atoms with Gasteiger partial charge in [0.15, 0.2) is 0 Å². The van der Waals surface area contributed by atoms with Crippen LogP contribution in [0.1, 0.15) is 47.2 Å². The van der Waals surface area contributed by atoms with Crippen LogP contribution in [0.3, 0.4) is 0 Å². The van der Waals surface area contributed by atoms with Crippen LogP contribution in [0.4, 0.5) is 5.69 Å². The monoisotopic (exact) mass is 373 g/mol. The number of anilines is 1. The zero-order chi connectivity index (χ0) is 19.8. The summed E-state index contributed by atoms with van der Waals surface area (Å²) in [6, 6.07) is 33.3. The lowest BCUT2D eigenvalue weighted by Gasteiger charge is -2.46. The maximum absolute atomic E-state index is 6.24. The van der Waals surface area contributed by atoms with Crippen molar-refractivity contribution in [3.8, 4) is 11.1 Å². The van der Waals surface area contributed by atoms with E-state index in [-0.39, 0.29) is 10.8 Å². The van der Waals surface area contributed by atoms with Crippen LogP contribution in [0.15, 0.2) is 91.0 Å². The summed E-state index contributed by atoms with van der Waals surface area (Å²) >= 11 is 0. The summed E-state index contributed by atoms with van der Waals surface area (Å²) in [5, 5.41) is 0. The average molecular weight is 373 g/mol. The molecule has 2 aliphatic rings. The van der Waals surface area contributed by atoms with Gasteiger partial charge in [-0.2, -0.15) is 0 Å². The molecule has 0 radical (unpaired) electrons. The maximum atomic E-state index is 6.24. The Labute approximate surface area is 171 Å². The molecule has 0 fully saturated rings. The molecule has 0 atom stereocenters. The molecule has 0 aliphatic heterocycles. The molecule has 0 bridgehead atoms. The van der Waals surface area contributed by atoms with Gasteiger partial charge in [0.25, 0.3) is 0 Å². The zero-order valence-corrected chi connectivity index (χ0v) is 16.7. The minimum absolute atomic E-state index is 0.0516. The Bertz CT molecular complexity index is 1250. The highest BCUT2D eigenvalue weighted by molar-refractivity contribution is 5.89. The predicted octanol–water partition coefficient (Wildman–Crippen LogP) is 6.27. The van der Waals surface area contributed by atoms with Gasteiger partial charge >= 0.3 is 0 Å². The van der Waals surface area contributed by atoms with Crippen molar-refractivity contribution in [2.24, 2.45) is 0 Å². The lowest BCUT2D eigenvalue weighted by molar-refractivity contribution is 0.563. The quantitative estimate of drug-likeness (QED) is 0.318. The molecule has 0 amide bonds. The molecular formula is C28H23N. The fourth-order valence-corrected chi connectivity index (χ4v) is 5.88. The maximum Gasteiger partial charge on any atom is 0.0719 e. The highest BCUT2D eigenvalue weighted by Crippen LogP contribution is 2.62. The van der Waals surface area contributed by atoms with Crippen LogP contribution >= 0.6 is 0 Å². The van der Waals surface area contributed by atoms with Gasteiger partial charge in [0.2, 0.25) is 0 Å². The van der Waals surface area contributed by atoms with Crippen molar-refractivity contribution in [2.75, 3.05) is 5.73 Å². The highest BCUT2D eigenvalue weighted by atomic mass is 14.6. The molecular weight excluding hydrogens is 350 g/mol. The van der Waals surface area contributed by atoms with Crippen LogP contribution in [0.25, 0.3) is 11.1 Å². The van der Waals surface area contributed by atoms with E-state index in [9.17, 15) is 0 Å². The van der Waals surface area contributed by atoms with E-state index >= 15 is 0 Å². The summed E-state index contributed by atoms with van der Waals surface area (Å²) in [5.41, 5.74) is 17.5. The minimum atomic E-state index is -0.303. The number of rotatable bonds is 0. The number of nitrogen functional groups attached to an aromatic ring is 1. The van der Waals surface area contributed by atoms with E-state index in [0.29, 0.717) is 0 Å². The number of benzene rings is 4. The smallest absolute Gasteiger partial charge is 0.0719 e. The van der Waals surface area contributed by atoms with Gasteiger partial charge in [-0.25, -0.2) is 0 Å². The van der Waals surface area contributed by atoms with Gasteiger partial charge < -0.3 is 5.73 Å². The van der Waals surface area contributed by atoms with Crippen LogP contribution in [-0.4, -0.2) is 0 Å². The van der Waals surface area contributed by atoms with Gasteiger partial charge in [0.05, 0.1) is 5.41 Å². The zero-order valence-electron chi connectivity index (χ0n) is 16.7. The highest BCUT2D eigenvalue weighted by Gasteiger charge is 2.52. The van der Waals surface area contributed by atoms with E-state index in [4.69, 9.17) is 5.73 Å². The topological polar surface area (TPSA) is 26.0 Å². The first-order valence-corrected chi connectivity index (χ1v) is 10.3. The normalized spacial score (nSPS) is 16.6. The lowest BCUT2D eigenvalue weighted by atomic mass is 9.55. The Hall–Kier alpha value is -3.32. The number of hydrogen-bond acceptors (Lipinski definition) is 1. The Morgan fingerprint density at radius 3 is 1.62 bits per heavy atom. The molecule has 0 saturated carbocycles. The van der Waals surface area contributed by atoms with E-state index in [1.807, 2.05) is 0 Å². The standard InChI is InChI=1S/C28H23N/c1-27(2)23-11-5-7-13-25(23)28(26-14-8-6-12-24(26)27)21-10-4-3-9-19(21)20-17-18(29)15-16-22(20)28/h3-17H,29H2,1-2H3. The second kappa shape index (κ2) is 5.39. The van der Waals surface area contributed by atoms with Crippen molar-refractivity contribution in [1.82, 2.24) is 0 Å². The van der Waals surface area contributed by atoms with E-state index in [1.165, 1.54) is 44.5 Å². The molecule has 0 unspecified atom stereocenters. The first-order chi connectivity index (χ1) is 14.1. The molecule has 1 heteroatoms. The van der Waals surface area contributed by atoms with Gasteiger partial charge in [-0.3, -0.25) is 0 Å². The lowest BCUT2D eigenvalue weighted by Crippen LogP contribution is -2.40. The van der Waals surface area contributed by atoms with Crippen molar-refractivity contribution in [1.29, 1.82) is 0 Å². The molecule has 2 N–H and O–H groups in total. The van der Waals surface area contributed by atoms with Crippen molar-refractivity contribution in [3.05, 3.63) is 124 Å². The van der Waals surface area contributed by atoms with Gasteiger partial charge in [0, 0.05) is 11.1 Å². The average Bonchev–Trinajstić information content (AvgIpc) is 3.03. The molecule has 2 aliphatic carbocycles. The number of hydrogen-bond donors (Lipinski definition) is 1. The van der Waals surface area contributed by atoms with Crippen LogP contribution < -0.4 is 5.73 Å². The summed E-state index contributed by atoms with van der Waals surface area (Å²) in [6.45, 7) is 4.70. The van der Waals surface area contributed by atoms with Gasteiger partial charge in [-0.05, 0) is 56.6 Å². The van der Waals surface area contributed by atoms with Crippen molar-refractivity contribution < 1.29 is 0 Å². The predicted molar refractivity (Wildman–Crippen MR) is 120 cm³/mol. The fourth-order valence-electron chi connectivity index (χ4n) is 5.88. The molecule has 0 heterocycles. The van der Waals surface area contributed by atoms with E-state index in [0.717, 1.165) is 5.69 Å². The van der Waals surface area contributed by atoms with Crippen LogP contribution in [0, 0.1) is 0 Å². The SMILES string of the molecule is CC1(C)c2ccccc2C2(c3ccccc3-c3cc(N)ccc32)c2ccccc21. The molecule has 140 valence electrons. The van der Waals surface area contributed by atoms with Crippen LogP contribution in [0.5, 0.6) is 0 Å². The molecule has 0 saturated heterocycles. The van der Waals surface area contributed by atoms with E-state index in [2.05, 4.69) is 105 Å². The summed E-state index contributed by atoms with van der Waals surface area (Å²) in [7, 11) is 0. The van der Waals surface area contributed by atoms with Crippen LogP contribution in [-0.2, 0) is 10.8 Å². The van der Waals surface area contributed by atoms with Gasteiger partial charge in [-0.15, -0.1) is 0 Å². The number of nitrogens with two attached hydrogens (primary N) is 1. The van der Waals surface area contributed by atoms with E-state index < -0.39 is 0 Å². The summed E-state index contributed by atoms with van der Waals surface area (Å²) in [6.07, 6.45) is 0. The Morgan fingerprint density at radius 1 is 0.517 bits per heavy atom. The molecule has 1 spiro atoms. The van der Waals surface area contributed by atoms with Gasteiger partial charge in [0.1, 0.15) is 0 Å². The molecule has 4 aromatic rings. The van der Waals surface area contributed by atoms with E-state index in [1.54, 1.807) is 0 Å². The summed E-state index contributed by atoms with van der Waals surface area (Å²) in [4.78, 5) is 0. The van der Waals surface area contributed by atoms with Crippen molar-refractivity contribution >= 4 is 5.69 Å². The fraction of sp³-hybridized carbons (Fsp3) is 0.143. The first-order valence-electron chi connectivity index (χ1n) is 10.3. The third-order valence-corrected chi connectivity index (χ3v) is 7.08. The van der Waals surface area contributed by atoms with Crippen LogP contribution in [0.2, 0.25) is 0 Å². The second-order valence-corrected chi connectivity index (χ2v) is 8.82. The largest absolute Gasteiger partial charge is 0.399 e. The molecule has 29 heavy (non-hydrogen) atoms.